The lowest BCUT2D eigenvalue weighted by molar-refractivity contribution is -0.113. The van der Waals surface area contributed by atoms with Gasteiger partial charge >= 0.3 is 0 Å². The fourth-order valence-electron chi connectivity index (χ4n) is 0.910. The number of alkyl halides is 2. The van der Waals surface area contributed by atoms with E-state index in [4.69, 9.17) is 11.6 Å². The predicted octanol–water partition coefficient (Wildman–Crippen LogP) is 2.33. The fraction of sp³-hybridized carbons (Fsp3) is 0.222. The summed E-state index contributed by atoms with van der Waals surface area (Å²) in [4.78, 5) is 10.1. The molecular weight excluding hydrogens is 179 g/mol. The molecule has 0 heterocycles. The van der Waals surface area contributed by atoms with Gasteiger partial charge in [0, 0.05) is 6.42 Å². The van der Waals surface area contributed by atoms with Gasteiger partial charge in [-0.3, -0.25) is 4.79 Å². The van der Waals surface area contributed by atoms with Crippen molar-refractivity contribution in [1.29, 1.82) is 0 Å². The molecule has 0 saturated carbocycles. The molecule has 3 heteroatoms. The molecule has 0 amide bonds. The summed E-state index contributed by atoms with van der Waals surface area (Å²) < 4.78 is 12.9. The molecule has 1 rings (SSSR count). The summed E-state index contributed by atoms with van der Waals surface area (Å²) in [6, 6.07) is 8.80. The molecule has 0 saturated heterocycles. The molecule has 0 aliphatic carbocycles. The number of hydrogen-bond donors (Lipinski definition) is 0. The van der Waals surface area contributed by atoms with E-state index in [0.717, 1.165) is 0 Å². The standard InChI is InChI=1S/C9H8ClFO/c10-9(11,7-12)6-8-4-2-1-3-5-8/h1-5,7H,6H2/t9-/m0/s1. The van der Waals surface area contributed by atoms with Crippen molar-refractivity contribution in [2.45, 2.75) is 11.5 Å². The van der Waals surface area contributed by atoms with Gasteiger partial charge in [0.05, 0.1) is 0 Å². The lowest BCUT2D eigenvalue weighted by atomic mass is 10.1. The van der Waals surface area contributed by atoms with E-state index in [-0.39, 0.29) is 12.7 Å². The van der Waals surface area contributed by atoms with Crippen LogP contribution in [-0.2, 0) is 11.2 Å². The Kier molecular flexibility index (Phi) is 2.82. The van der Waals surface area contributed by atoms with Gasteiger partial charge in [-0.25, -0.2) is 4.39 Å². The van der Waals surface area contributed by atoms with Crippen LogP contribution in [0.4, 0.5) is 4.39 Å². The molecule has 1 nitrogen and oxygen atoms in total. The summed E-state index contributed by atoms with van der Waals surface area (Å²) in [7, 11) is 0. The van der Waals surface area contributed by atoms with Crippen molar-refractivity contribution in [1.82, 2.24) is 0 Å². The first-order valence-corrected chi connectivity index (χ1v) is 3.90. The van der Waals surface area contributed by atoms with Gasteiger partial charge in [-0.05, 0) is 5.56 Å². The van der Waals surface area contributed by atoms with E-state index in [9.17, 15) is 9.18 Å². The lowest BCUT2D eigenvalue weighted by Crippen LogP contribution is -2.19. The van der Waals surface area contributed by atoms with Crippen LogP contribution in [0.25, 0.3) is 0 Å². The largest absolute Gasteiger partial charge is 0.298 e. The van der Waals surface area contributed by atoms with Crippen LogP contribution >= 0.6 is 11.6 Å². The van der Waals surface area contributed by atoms with Gasteiger partial charge in [0.1, 0.15) is 0 Å². The SMILES string of the molecule is O=C[C@](F)(Cl)Cc1ccccc1. The first kappa shape index (κ1) is 9.20. The highest BCUT2D eigenvalue weighted by atomic mass is 35.5. The number of rotatable bonds is 3. The third-order valence-corrected chi connectivity index (χ3v) is 1.68. The highest BCUT2D eigenvalue weighted by molar-refractivity contribution is 6.30. The van der Waals surface area contributed by atoms with E-state index in [2.05, 4.69) is 0 Å². The van der Waals surface area contributed by atoms with Gasteiger partial charge in [0.2, 0.25) is 5.13 Å². The summed E-state index contributed by atoms with van der Waals surface area (Å²) in [5.74, 6) is 0. The Balaban J connectivity index is 2.70. The first-order chi connectivity index (χ1) is 5.64. The topological polar surface area (TPSA) is 17.1 Å². The molecule has 1 aromatic carbocycles. The first-order valence-electron chi connectivity index (χ1n) is 3.52. The summed E-state index contributed by atoms with van der Waals surface area (Å²) in [5, 5.41) is -2.26. The molecule has 0 bridgehead atoms. The van der Waals surface area contributed by atoms with Crippen LogP contribution in [0.2, 0.25) is 0 Å². The Bertz CT molecular complexity index is 258. The highest BCUT2D eigenvalue weighted by Gasteiger charge is 2.25. The van der Waals surface area contributed by atoms with Gasteiger partial charge in [-0.2, -0.15) is 0 Å². The fourth-order valence-corrected chi connectivity index (χ4v) is 1.06. The van der Waals surface area contributed by atoms with Gasteiger partial charge < -0.3 is 0 Å². The van der Waals surface area contributed by atoms with E-state index in [0.29, 0.717) is 5.56 Å². The summed E-state index contributed by atoms with van der Waals surface area (Å²) >= 11 is 5.22. The van der Waals surface area contributed by atoms with Gasteiger partial charge in [0.15, 0.2) is 6.29 Å². The molecule has 1 aromatic rings. The Labute approximate surface area is 75.2 Å². The van der Waals surface area contributed by atoms with Crippen molar-refractivity contribution in [3.8, 4) is 0 Å². The zero-order valence-electron chi connectivity index (χ0n) is 6.34. The Hall–Kier alpha value is -0.890. The lowest BCUT2D eigenvalue weighted by Gasteiger charge is -2.08. The molecular formula is C9H8ClFO. The zero-order chi connectivity index (χ0) is 9.03. The van der Waals surface area contributed by atoms with E-state index >= 15 is 0 Å². The summed E-state index contributed by atoms with van der Waals surface area (Å²) in [6.07, 6.45) is 0.0282. The Morgan fingerprint density at radius 3 is 2.50 bits per heavy atom. The third-order valence-electron chi connectivity index (χ3n) is 1.46. The molecule has 0 unspecified atom stereocenters. The van der Waals surface area contributed by atoms with Crippen LogP contribution in [0.5, 0.6) is 0 Å². The molecule has 0 aliphatic heterocycles. The normalized spacial score (nSPS) is 15.2. The van der Waals surface area contributed by atoms with Crippen LogP contribution in [0, 0.1) is 0 Å². The highest BCUT2D eigenvalue weighted by Crippen LogP contribution is 2.19. The van der Waals surface area contributed by atoms with Crippen molar-refractivity contribution in [3.63, 3.8) is 0 Å². The van der Waals surface area contributed by atoms with E-state index in [1.807, 2.05) is 6.07 Å². The monoisotopic (exact) mass is 186 g/mol. The minimum atomic E-state index is -2.26. The van der Waals surface area contributed by atoms with Crippen LogP contribution in [-0.4, -0.2) is 11.4 Å². The zero-order valence-corrected chi connectivity index (χ0v) is 7.09. The molecule has 1 atom stereocenters. The minimum absolute atomic E-state index is 0.0844. The molecule has 12 heavy (non-hydrogen) atoms. The van der Waals surface area contributed by atoms with Crippen molar-refractivity contribution in [3.05, 3.63) is 35.9 Å². The second kappa shape index (κ2) is 3.68. The average molecular weight is 187 g/mol. The maximum Gasteiger partial charge on any atom is 0.242 e. The number of hydrogen-bond acceptors (Lipinski definition) is 1. The molecule has 0 aliphatic rings. The van der Waals surface area contributed by atoms with Crippen LogP contribution in [0.3, 0.4) is 0 Å². The maximum absolute atomic E-state index is 12.9. The van der Waals surface area contributed by atoms with E-state index < -0.39 is 5.13 Å². The van der Waals surface area contributed by atoms with Gasteiger partial charge in [-0.1, -0.05) is 41.9 Å². The maximum atomic E-state index is 12.9. The Morgan fingerprint density at radius 1 is 1.42 bits per heavy atom. The van der Waals surface area contributed by atoms with Crippen molar-refractivity contribution in [2.24, 2.45) is 0 Å². The second-order valence-corrected chi connectivity index (χ2v) is 3.17. The van der Waals surface area contributed by atoms with Gasteiger partial charge in [0.25, 0.3) is 0 Å². The van der Waals surface area contributed by atoms with E-state index in [1.54, 1.807) is 24.3 Å². The van der Waals surface area contributed by atoms with Crippen molar-refractivity contribution >= 4 is 17.9 Å². The van der Waals surface area contributed by atoms with Crippen LogP contribution in [0.15, 0.2) is 30.3 Å². The quantitative estimate of drug-likeness (QED) is 0.523. The minimum Gasteiger partial charge on any atom is -0.298 e. The number of halogens is 2. The molecule has 0 N–H and O–H groups in total. The number of aldehydes is 1. The van der Waals surface area contributed by atoms with Crippen molar-refractivity contribution < 1.29 is 9.18 Å². The molecule has 0 aromatic heterocycles. The molecule has 64 valence electrons. The summed E-state index contributed by atoms with van der Waals surface area (Å²) in [6.45, 7) is 0. The second-order valence-electron chi connectivity index (χ2n) is 2.54. The number of carbonyl (C=O) groups excluding carboxylic acids is 1. The smallest absolute Gasteiger partial charge is 0.242 e. The van der Waals surface area contributed by atoms with Gasteiger partial charge in [-0.15, -0.1) is 0 Å². The number of carbonyl (C=O) groups is 1. The molecule has 0 spiro atoms. The van der Waals surface area contributed by atoms with Crippen LogP contribution in [0.1, 0.15) is 5.56 Å². The average Bonchev–Trinajstić information content (AvgIpc) is 2.06. The predicted molar refractivity (Wildman–Crippen MR) is 45.9 cm³/mol. The van der Waals surface area contributed by atoms with Crippen LogP contribution < -0.4 is 0 Å². The molecule has 0 radical (unpaired) electrons. The van der Waals surface area contributed by atoms with Crippen molar-refractivity contribution in [2.75, 3.05) is 0 Å². The summed E-state index contributed by atoms with van der Waals surface area (Å²) in [5.41, 5.74) is 0.710. The third kappa shape index (κ3) is 2.62. The Morgan fingerprint density at radius 2 is 2.00 bits per heavy atom. The number of benzene rings is 1. The molecule has 0 fully saturated rings. The van der Waals surface area contributed by atoms with E-state index in [1.165, 1.54) is 0 Å².